The Bertz CT molecular complexity index is 1360. The van der Waals surface area contributed by atoms with Crippen molar-refractivity contribution < 1.29 is 37.4 Å². The lowest BCUT2D eigenvalue weighted by Gasteiger charge is -2.41. The molecule has 0 saturated carbocycles. The standard InChI is InChI=1S/C39H67NO8Si2/c1-19-21-28-36(45-13)29(23-34(44-12)37(28)46-14)40-35(42)25-33(48-50(17,18)39(8,9)10)27(4)22-26(3)32(24-30(41)31(20-2)43-11)47-49(15,16)38(5,6)7/h19-20,22-23,26,31-33H,1-2,21,24-25H2,3-18H3,(H,40,42)/b27-22+/t26-,31+,32-,33-/m0/s1. The van der Waals surface area contributed by atoms with Crippen LogP contribution in [0.3, 0.4) is 0 Å². The first-order chi connectivity index (χ1) is 22.9. The molecule has 9 nitrogen and oxygen atoms in total. The zero-order chi connectivity index (χ0) is 38.8. The van der Waals surface area contributed by atoms with Gasteiger partial charge >= 0.3 is 0 Å². The molecule has 0 bridgehead atoms. The molecular formula is C39H67NO8Si2. The van der Waals surface area contributed by atoms with Crippen molar-refractivity contribution in [3.63, 3.8) is 0 Å². The van der Waals surface area contributed by atoms with Crippen molar-refractivity contribution in [2.45, 2.75) is 129 Å². The first-order valence-electron chi connectivity index (χ1n) is 17.4. The van der Waals surface area contributed by atoms with Crippen LogP contribution < -0.4 is 19.5 Å². The predicted molar refractivity (Wildman–Crippen MR) is 211 cm³/mol. The number of hydrogen-bond donors (Lipinski definition) is 1. The lowest BCUT2D eigenvalue weighted by atomic mass is 9.94. The summed E-state index contributed by atoms with van der Waals surface area (Å²) in [6, 6.07) is 1.70. The molecule has 0 aliphatic carbocycles. The van der Waals surface area contributed by atoms with Gasteiger partial charge in [-0.05, 0) is 61.1 Å². The van der Waals surface area contributed by atoms with Crippen LogP contribution in [0.1, 0.15) is 73.8 Å². The Morgan fingerprint density at radius 3 is 1.84 bits per heavy atom. The van der Waals surface area contributed by atoms with Crippen molar-refractivity contribution in [1.29, 1.82) is 0 Å². The molecular weight excluding hydrogens is 667 g/mol. The van der Waals surface area contributed by atoms with Gasteiger partial charge < -0.3 is 33.1 Å². The van der Waals surface area contributed by atoms with Crippen LogP contribution in [0.2, 0.25) is 36.3 Å². The minimum Gasteiger partial charge on any atom is -0.494 e. The van der Waals surface area contributed by atoms with Crippen LogP contribution in [0.5, 0.6) is 17.2 Å². The number of methoxy groups -OCH3 is 4. The molecule has 0 saturated heterocycles. The molecule has 1 N–H and O–H groups in total. The number of allylic oxidation sites excluding steroid dienone is 1. The Kier molecular flexibility index (Phi) is 16.9. The van der Waals surface area contributed by atoms with E-state index in [0.717, 1.165) is 5.57 Å². The summed E-state index contributed by atoms with van der Waals surface area (Å²) in [5.41, 5.74) is 2.07. The number of carbonyl (C=O) groups excluding carboxylic acids is 2. The second-order valence-electron chi connectivity index (χ2n) is 16.0. The van der Waals surface area contributed by atoms with Gasteiger partial charge in [-0.3, -0.25) is 9.59 Å². The Hall–Kier alpha value is -2.71. The van der Waals surface area contributed by atoms with Crippen molar-refractivity contribution in [2.24, 2.45) is 5.92 Å². The molecule has 0 spiro atoms. The van der Waals surface area contributed by atoms with Crippen LogP contribution in [0, 0.1) is 5.92 Å². The Labute approximate surface area is 305 Å². The molecule has 4 atom stereocenters. The minimum absolute atomic E-state index is 0.0603. The molecule has 0 aromatic heterocycles. The third kappa shape index (κ3) is 11.9. The summed E-state index contributed by atoms with van der Waals surface area (Å²) in [6.07, 6.45) is 4.40. The molecule has 1 aromatic rings. The number of Topliss-reactive ketones (excluding diaryl/α,β-unsaturated/α-hetero) is 1. The molecule has 11 heteroatoms. The van der Waals surface area contributed by atoms with E-state index in [-0.39, 0.29) is 40.5 Å². The number of amides is 1. The van der Waals surface area contributed by atoms with Crippen LogP contribution in [0.4, 0.5) is 5.69 Å². The van der Waals surface area contributed by atoms with Crippen molar-refractivity contribution in [2.75, 3.05) is 33.8 Å². The van der Waals surface area contributed by atoms with E-state index in [1.807, 2.05) is 6.92 Å². The van der Waals surface area contributed by atoms with Crippen molar-refractivity contribution in [3.8, 4) is 17.2 Å². The summed E-state index contributed by atoms with van der Waals surface area (Å²) in [5.74, 6) is 0.958. The minimum atomic E-state index is -2.35. The Morgan fingerprint density at radius 2 is 1.40 bits per heavy atom. The maximum atomic E-state index is 13.9. The predicted octanol–water partition coefficient (Wildman–Crippen LogP) is 9.29. The van der Waals surface area contributed by atoms with Gasteiger partial charge in [-0.2, -0.15) is 0 Å². The number of carbonyl (C=O) groups is 2. The second kappa shape index (κ2) is 18.7. The van der Waals surface area contributed by atoms with E-state index in [0.29, 0.717) is 34.9 Å². The van der Waals surface area contributed by atoms with Gasteiger partial charge in [0.1, 0.15) is 11.9 Å². The average molecular weight is 734 g/mol. The van der Waals surface area contributed by atoms with Crippen molar-refractivity contribution >= 4 is 34.0 Å². The second-order valence-corrected chi connectivity index (χ2v) is 25.5. The van der Waals surface area contributed by atoms with Gasteiger partial charge in [0.2, 0.25) is 5.91 Å². The first-order valence-corrected chi connectivity index (χ1v) is 23.2. The third-order valence-electron chi connectivity index (χ3n) is 10.2. The van der Waals surface area contributed by atoms with Crippen LogP contribution in [-0.4, -0.2) is 75.1 Å². The van der Waals surface area contributed by atoms with E-state index in [1.165, 1.54) is 13.2 Å². The number of ketones is 1. The van der Waals surface area contributed by atoms with Crippen LogP contribution in [-0.2, 0) is 29.6 Å². The zero-order valence-electron chi connectivity index (χ0n) is 33.9. The fraction of sp³-hybridized carbons (Fsp3) is 0.641. The molecule has 1 amide bonds. The molecule has 1 rings (SSSR count). The molecule has 0 unspecified atom stereocenters. The van der Waals surface area contributed by atoms with Crippen LogP contribution in [0.15, 0.2) is 43.0 Å². The lowest BCUT2D eigenvalue weighted by molar-refractivity contribution is -0.128. The summed E-state index contributed by atoms with van der Waals surface area (Å²) >= 11 is 0. The maximum Gasteiger partial charge on any atom is 0.227 e. The number of benzene rings is 1. The molecule has 0 aliphatic rings. The van der Waals surface area contributed by atoms with E-state index in [4.69, 9.17) is 27.8 Å². The van der Waals surface area contributed by atoms with Crippen LogP contribution in [0.25, 0.3) is 0 Å². The Balaban J connectivity index is 3.68. The highest BCUT2D eigenvalue weighted by Gasteiger charge is 2.42. The van der Waals surface area contributed by atoms with E-state index < -0.39 is 34.9 Å². The molecule has 284 valence electrons. The highest BCUT2D eigenvalue weighted by molar-refractivity contribution is 6.74. The molecule has 1 aromatic carbocycles. The number of rotatable bonds is 20. The first kappa shape index (κ1) is 45.3. The van der Waals surface area contributed by atoms with Crippen molar-refractivity contribution in [3.05, 3.63) is 48.6 Å². The normalized spacial score (nSPS) is 15.4. The molecule has 50 heavy (non-hydrogen) atoms. The highest BCUT2D eigenvalue weighted by Crippen LogP contribution is 2.44. The van der Waals surface area contributed by atoms with Gasteiger partial charge in [0.05, 0.1) is 45.6 Å². The maximum absolute atomic E-state index is 13.9. The number of hydrogen-bond acceptors (Lipinski definition) is 8. The van der Waals surface area contributed by atoms with Gasteiger partial charge in [-0.25, -0.2) is 0 Å². The van der Waals surface area contributed by atoms with Gasteiger partial charge in [-0.15, -0.1) is 13.2 Å². The quantitative estimate of drug-likeness (QED) is 0.105. The van der Waals surface area contributed by atoms with E-state index in [1.54, 1.807) is 33.5 Å². The van der Waals surface area contributed by atoms with Gasteiger partial charge in [-0.1, -0.05) is 66.7 Å². The monoisotopic (exact) mass is 733 g/mol. The Morgan fingerprint density at radius 1 is 0.860 bits per heavy atom. The van der Waals surface area contributed by atoms with Gasteiger partial charge in [0, 0.05) is 25.2 Å². The summed E-state index contributed by atoms with van der Waals surface area (Å²) in [7, 11) is 1.56. The summed E-state index contributed by atoms with van der Waals surface area (Å²) in [6.45, 7) is 33.5. The zero-order valence-corrected chi connectivity index (χ0v) is 35.9. The third-order valence-corrected chi connectivity index (χ3v) is 19.2. The fourth-order valence-corrected chi connectivity index (χ4v) is 7.84. The number of nitrogens with one attached hydrogen (secondary N) is 1. The smallest absolute Gasteiger partial charge is 0.227 e. The molecule has 0 fully saturated rings. The topological polar surface area (TPSA) is 102 Å². The summed E-state index contributed by atoms with van der Waals surface area (Å²) < 4.78 is 36.2. The fourth-order valence-electron chi connectivity index (χ4n) is 5.10. The van der Waals surface area contributed by atoms with Gasteiger partial charge in [0.25, 0.3) is 0 Å². The largest absolute Gasteiger partial charge is 0.494 e. The molecule has 0 heterocycles. The molecule has 0 radical (unpaired) electrons. The SMILES string of the molecule is C=CCc1c(OC)c(NC(=O)C[C@H](O[Si](C)(C)C(C)(C)C)/C(C)=C/[C@H](C)[C@H](CC(=O)[C@@H](C=C)OC)O[Si](C)(C)C(C)(C)C)cc(OC)c1OC. The summed E-state index contributed by atoms with van der Waals surface area (Å²) in [5, 5.41) is 2.90. The molecule has 0 aliphatic heterocycles. The van der Waals surface area contributed by atoms with E-state index in [9.17, 15) is 9.59 Å². The van der Waals surface area contributed by atoms with Crippen molar-refractivity contribution in [1.82, 2.24) is 0 Å². The van der Waals surface area contributed by atoms with E-state index in [2.05, 4.69) is 99.2 Å². The average Bonchev–Trinajstić information content (AvgIpc) is 2.99. The number of anilines is 1. The van der Waals surface area contributed by atoms with Crippen LogP contribution >= 0.6 is 0 Å². The van der Waals surface area contributed by atoms with Gasteiger partial charge in [0.15, 0.2) is 33.9 Å². The van der Waals surface area contributed by atoms with E-state index >= 15 is 0 Å². The highest BCUT2D eigenvalue weighted by atomic mass is 28.4. The summed E-state index contributed by atoms with van der Waals surface area (Å²) in [4.78, 5) is 27.2. The number of ether oxygens (including phenoxy) is 4. The lowest BCUT2D eigenvalue weighted by Crippen LogP contribution is -2.46.